The summed E-state index contributed by atoms with van der Waals surface area (Å²) in [4.78, 5) is 16.9. The fraction of sp³-hybridized carbons (Fsp3) is 0.0800. The molecule has 1 aromatic heterocycles. The molecule has 0 N–H and O–H groups in total. The zero-order valence-corrected chi connectivity index (χ0v) is 17.9. The number of nitrogens with zero attached hydrogens (tertiary/aromatic N) is 2. The van der Waals surface area contributed by atoms with Crippen molar-refractivity contribution in [3.8, 4) is 23.3 Å². The van der Waals surface area contributed by atoms with E-state index in [0.29, 0.717) is 28.4 Å². The number of carboxylic acid groups (broad SMARTS) is 1. The number of hydrogen-bond acceptors (Lipinski definition) is 7. The number of ether oxygens (including phenoxy) is 2. The molecule has 0 atom stereocenters. The van der Waals surface area contributed by atoms with Gasteiger partial charge in [-0.1, -0.05) is 36.0 Å². The summed E-state index contributed by atoms with van der Waals surface area (Å²) >= 11 is 1.37. The second kappa shape index (κ2) is 9.41. The quantitative estimate of drug-likeness (QED) is 0.421. The molecule has 0 radical (unpaired) electrons. The molecule has 0 spiro atoms. The molecule has 6 nitrogen and oxygen atoms in total. The maximum Gasteiger partial charge on any atom is 0.159 e. The van der Waals surface area contributed by atoms with Gasteiger partial charge in [-0.3, -0.25) is 4.98 Å². The van der Waals surface area contributed by atoms with Gasteiger partial charge in [0.15, 0.2) is 5.75 Å². The molecule has 0 aliphatic heterocycles. The molecule has 158 valence electrons. The van der Waals surface area contributed by atoms with Gasteiger partial charge in [-0.15, -0.1) is 0 Å². The van der Waals surface area contributed by atoms with Crippen LogP contribution in [0.25, 0.3) is 10.8 Å². The number of carbonyl (C=O) groups excluding carboxylic acids is 1. The van der Waals surface area contributed by atoms with Crippen LogP contribution in [0, 0.1) is 11.3 Å². The summed E-state index contributed by atoms with van der Waals surface area (Å²) in [5, 5.41) is 22.2. The Morgan fingerprint density at radius 2 is 1.88 bits per heavy atom. The van der Waals surface area contributed by atoms with Crippen molar-refractivity contribution in [2.45, 2.75) is 16.2 Å². The van der Waals surface area contributed by atoms with E-state index in [2.05, 4.69) is 11.1 Å². The Kier molecular flexibility index (Phi) is 6.24. The van der Waals surface area contributed by atoms with E-state index in [9.17, 15) is 15.2 Å². The SMILES string of the molecule is COc1ccc(Sc2ccncc2Oc2ccc(C#N)c3ccccc23)c(CC(=O)[O-])c1. The molecule has 0 saturated heterocycles. The van der Waals surface area contributed by atoms with Crippen LogP contribution in [0.4, 0.5) is 0 Å². The van der Waals surface area contributed by atoms with Gasteiger partial charge in [0.05, 0.1) is 29.8 Å². The number of aromatic nitrogens is 1. The average Bonchev–Trinajstić information content (AvgIpc) is 2.81. The molecule has 0 bridgehead atoms. The second-order valence-corrected chi connectivity index (χ2v) is 7.90. The van der Waals surface area contributed by atoms with Crippen molar-refractivity contribution in [3.05, 3.63) is 84.2 Å². The zero-order valence-electron chi connectivity index (χ0n) is 17.1. The molecule has 0 unspecified atom stereocenters. The van der Waals surface area contributed by atoms with Crippen molar-refractivity contribution in [1.29, 1.82) is 5.26 Å². The van der Waals surface area contributed by atoms with Crippen LogP contribution >= 0.6 is 11.8 Å². The van der Waals surface area contributed by atoms with Crippen LogP contribution in [0.15, 0.2) is 82.8 Å². The fourth-order valence-corrected chi connectivity index (χ4v) is 4.26. The summed E-state index contributed by atoms with van der Waals surface area (Å²) in [6, 6.07) is 20.3. The molecular formula is C25H17N2O4S-. The van der Waals surface area contributed by atoms with Crippen LogP contribution in [0.1, 0.15) is 11.1 Å². The summed E-state index contributed by atoms with van der Waals surface area (Å²) in [5.41, 5.74) is 1.15. The maximum absolute atomic E-state index is 11.2. The van der Waals surface area contributed by atoms with Crippen molar-refractivity contribution in [1.82, 2.24) is 4.98 Å². The minimum atomic E-state index is -1.17. The highest BCUT2D eigenvalue weighted by atomic mass is 32.2. The van der Waals surface area contributed by atoms with Crippen molar-refractivity contribution in [2.24, 2.45) is 0 Å². The van der Waals surface area contributed by atoms with Crippen LogP contribution in [-0.4, -0.2) is 18.1 Å². The molecule has 0 fully saturated rings. The molecule has 0 amide bonds. The van der Waals surface area contributed by atoms with Gasteiger partial charge in [0, 0.05) is 34.3 Å². The van der Waals surface area contributed by atoms with E-state index < -0.39 is 5.97 Å². The van der Waals surface area contributed by atoms with Crippen LogP contribution in [0.2, 0.25) is 0 Å². The van der Waals surface area contributed by atoms with Gasteiger partial charge in [-0.2, -0.15) is 5.26 Å². The molecule has 4 rings (SSSR count). The van der Waals surface area contributed by atoms with E-state index in [4.69, 9.17) is 9.47 Å². The smallest absolute Gasteiger partial charge is 0.159 e. The van der Waals surface area contributed by atoms with E-state index >= 15 is 0 Å². The Hall–Kier alpha value is -4.02. The Bertz CT molecular complexity index is 1350. The molecule has 0 aliphatic rings. The number of aliphatic carboxylic acids is 1. The van der Waals surface area contributed by atoms with Gasteiger partial charge in [-0.05, 0) is 42.0 Å². The number of rotatable bonds is 7. The topological polar surface area (TPSA) is 95.3 Å². The highest BCUT2D eigenvalue weighted by Crippen LogP contribution is 2.40. The van der Waals surface area contributed by atoms with E-state index in [-0.39, 0.29) is 6.42 Å². The van der Waals surface area contributed by atoms with E-state index in [1.165, 1.54) is 18.9 Å². The lowest BCUT2D eigenvalue weighted by Gasteiger charge is -2.15. The number of methoxy groups -OCH3 is 1. The maximum atomic E-state index is 11.2. The molecule has 7 heteroatoms. The summed E-state index contributed by atoms with van der Waals surface area (Å²) in [7, 11) is 1.53. The lowest BCUT2D eigenvalue weighted by atomic mass is 10.0. The standard InChI is InChI=1S/C25H18N2O4S/c1-30-18-7-9-23(17(12-18)13-25(28)29)32-24-10-11-27-15-22(24)31-21-8-6-16(14-26)19-4-2-3-5-20(19)21/h2-12,15H,13H2,1H3,(H,28,29)/p-1. The molecule has 0 saturated carbocycles. The third-order valence-electron chi connectivity index (χ3n) is 4.79. The first-order valence-corrected chi connectivity index (χ1v) is 10.5. The van der Waals surface area contributed by atoms with E-state index in [1.54, 1.807) is 42.7 Å². The number of carboxylic acids is 1. The Morgan fingerprint density at radius 1 is 1.06 bits per heavy atom. The normalized spacial score (nSPS) is 10.5. The number of benzene rings is 3. The molecule has 1 heterocycles. The highest BCUT2D eigenvalue weighted by Gasteiger charge is 2.14. The van der Waals surface area contributed by atoms with Crippen LogP contribution in [-0.2, 0) is 11.2 Å². The predicted octanol–water partition coefficient (Wildman–Crippen LogP) is 4.35. The predicted molar refractivity (Wildman–Crippen MR) is 119 cm³/mol. The Labute approximate surface area is 189 Å². The lowest BCUT2D eigenvalue weighted by Crippen LogP contribution is -2.24. The minimum absolute atomic E-state index is 0.235. The minimum Gasteiger partial charge on any atom is -0.550 e. The first kappa shape index (κ1) is 21.2. The molecule has 0 aliphatic carbocycles. The number of pyridine rings is 1. The van der Waals surface area contributed by atoms with E-state index in [1.807, 2.05) is 30.3 Å². The van der Waals surface area contributed by atoms with Crippen LogP contribution in [0.3, 0.4) is 0 Å². The highest BCUT2D eigenvalue weighted by molar-refractivity contribution is 7.99. The summed E-state index contributed by atoms with van der Waals surface area (Å²) in [5.74, 6) is 0.512. The van der Waals surface area contributed by atoms with Crippen molar-refractivity contribution >= 4 is 28.5 Å². The summed E-state index contributed by atoms with van der Waals surface area (Å²) in [6.45, 7) is 0. The number of fused-ring (bicyclic) bond motifs is 1. The largest absolute Gasteiger partial charge is 0.550 e. The summed E-state index contributed by atoms with van der Waals surface area (Å²) < 4.78 is 11.4. The average molecular weight is 441 g/mol. The number of hydrogen-bond donors (Lipinski definition) is 0. The van der Waals surface area contributed by atoms with Gasteiger partial charge in [0.2, 0.25) is 0 Å². The zero-order chi connectivity index (χ0) is 22.5. The molecular weight excluding hydrogens is 424 g/mol. The molecule has 4 aromatic rings. The van der Waals surface area contributed by atoms with E-state index in [0.717, 1.165) is 20.6 Å². The van der Waals surface area contributed by atoms with Gasteiger partial charge in [-0.25, -0.2) is 0 Å². The van der Waals surface area contributed by atoms with Gasteiger partial charge in [0.25, 0.3) is 0 Å². The third kappa shape index (κ3) is 4.51. The number of nitriles is 1. The molecule has 3 aromatic carbocycles. The lowest BCUT2D eigenvalue weighted by molar-refractivity contribution is -0.304. The first-order chi connectivity index (χ1) is 15.6. The fourth-order valence-electron chi connectivity index (χ4n) is 3.30. The van der Waals surface area contributed by atoms with Gasteiger partial charge >= 0.3 is 0 Å². The van der Waals surface area contributed by atoms with Crippen LogP contribution < -0.4 is 14.6 Å². The first-order valence-electron chi connectivity index (χ1n) is 9.67. The van der Waals surface area contributed by atoms with Crippen molar-refractivity contribution in [2.75, 3.05) is 7.11 Å². The van der Waals surface area contributed by atoms with Crippen LogP contribution in [0.5, 0.6) is 17.2 Å². The summed E-state index contributed by atoms with van der Waals surface area (Å²) in [6.07, 6.45) is 3.02. The van der Waals surface area contributed by atoms with Crippen molar-refractivity contribution in [3.63, 3.8) is 0 Å². The Morgan fingerprint density at radius 3 is 2.62 bits per heavy atom. The second-order valence-electron chi connectivity index (χ2n) is 6.82. The Balaban J connectivity index is 1.71. The van der Waals surface area contributed by atoms with Gasteiger partial charge < -0.3 is 19.4 Å². The van der Waals surface area contributed by atoms with Crippen molar-refractivity contribution < 1.29 is 19.4 Å². The third-order valence-corrected chi connectivity index (χ3v) is 5.97. The monoisotopic (exact) mass is 441 g/mol. The molecule has 32 heavy (non-hydrogen) atoms. The van der Waals surface area contributed by atoms with Gasteiger partial charge in [0.1, 0.15) is 11.5 Å². The number of carbonyl (C=O) groups is 1.